The fourth-order valence-electron chi connectivity index (χ4n) is 2.16. The van der Waals surface area contributed by atoms with Crippen LogP contribution < -0.4 is 20.9 Å². The van der Waals surface area contributed by atoms with Crippen LogP contribution in [-0.2, 0) is 0 Å². The molecule has 0 radical (unpaired) electrons. The highest BCUT2D eigenvalue weighted by molar-refractivity contribution is 5.92. The van der Waals surface area contributed by atoms with E-state index in [9.17, 15) is 14.9 Å². The summed E-state index contributed by atoms with van der Waals surface area (Å²) in [5.74, 6) is -0.261. The van der Waals surface area contributed by atoms with Crippen molar-refractivity contribution in [2.45, 2.75) is 0 Å². The minimum absolute atomic E-state index is 0.0361. The van der Waals surface area contributed by atoms with Crippen molar-refractivity contribution in [3.63, 3.8) is 0 Å². The zero-order valence-corrected chi connectivity index (χ0v) is 14.0. The van der Waals surface area contributed by atoms with Crippen molar-refractivity contribution in [1.29, 1.82) is 0 Å². The maximum absolute atomic E-state index is 11.9. The van der Waals surface area contributed by atoms with Crippen LogP contribution in [0, 0.1) is 10.1 Å². The van der Waals surface area contributed by atoms with E-state index < -0.39 is 16.5 Å². The van der Waals surface area contributed by atoms with E-state index in [1.54, 1.807) is 24.3 Å². The molecule has 0 fully saturated rings. The van der Waals surface area contributed by atoms with Crippen LogP contribution in [0.15, 0.2) is 53.4 Å². The van der Waals surface area contributed by atoms with Crippen LogP contribution >= 0.6 is 0 Å². The third kappa shape index (κ3) is 4.10. The molecule has 0 aliphatic carbocycles. The lowest BCUT2D eigenvalue weighted by atomic mass is 10.3. The highest BCUT2D eigenvalue weighted by Crippen LogP contribution is 2.31. The average molecular weight is 370 g/mol. The maximum atomic E-state index is 11.9. The summed E-state index contributed by atoms with van der Waals surface area (Å²) < 4.78 is 10.1. The van der Waals surface area contributed by atoms with Crippen molar-refractivity contribution >= 4 is 28.9 Å². The Hall–Kier alpha value is -4.15. The lowest BCUT2D eigenvalue weighted by Gasteiger charge is -2.11. The molecular weight excluding hydrogens is 356 g/mol. The van der Waals surface area contributed by atoms with E-state index >= 15 is 0 Å². The minimum atomic E-state index is -0.663. The number of nitrogens with zero attached hydrogens (tertiary/aromatic N) is 3. The maximum Gasteiger partial charge on any atom is 0.355 e. The van der Waals surface area contributed by atoms with Crippen LogP contribution in [0.25, 0.3) is 0 Å². The van der Waals surface area contributed by atoms with Gasteiger partial charge in [-0.25, -0.2) is 9.97 Å². The van der Waals surface area contributed by atoms with E-state index in [1.165, 1.54) is 25.5 Å². The fraction of sp³-hybridized carbons (Fsp3) is 0.0625. The number of methoxy groups -OCH3 is 1. The first-order valence-electron chi connectivity index (χ1n) is 7.59. The Labute approximate surface area is 152 Å². The second kappa shape index (κ2) is 7.82. The minimum Gasteiger partial charge on any atom is -0.497 e. The number of benzene rings is 1. The Morgan fingerprint density at radius 1 is 1.22 bits per heavy atom. The molecule has 3 rings (SSSR count). The van der Waals surface area contributed by atoms with Crippen LogP contribution in [0.2, 0.25) is 0 Å². The normalized spacial score (nSPS) is 10.1. The second-order valence-electron chi connectivity index (χ2n) is 5.09. The number of hydrogen-bond acceptors (Lipinski definition) is 9. The molecule has 0 saturated carbocycles. The topological polar surface area (TPSA) is 144 Å². The molecule has 138 valence electrons. The largest absolute Gasteiger partial charge is 0.497 e. The quantitative estimate of drug-likeness (QED) is 0.422. The van der Waals surface area contributed by atoms with Gasteiger partial charge < -0.3 is 14.5 Å². The van der Waals surface area contributed by atoms with E-state index in [1.807, 2.05) is 0 Å². The van der Waals surface area contributed by atoms with Gasteiger partial charge in [0, 0.05) is 11.8 Å². The zero-order valence-electron chi connectivity index (χ0n) is 14.0. The van der Waals surface area contributed by atoms with Crippen LogP contribution in [0.5, 0.6) is 5.75 Å². The first-order chi connectivity index (χ1) is 13.1. The summed E-state index contributed by atoms with van der Waals surface area (Å²) in [5, 5.41) is 14.4. The van der Waals surface area contributed by atoms with Gasteiger partial charge >= 0.3 is 11.6 Å². The van der Waals surface area contributed by atoms with E-state index in [-0.39, 0.29) is 17.4 Å². The van der Waals surface area contributed by atoms with Gasteiger partial charge in [-0.3, -0.25) is 25.8 Å². The van der Waals surface area contributed by atoms with Crippen molar-refractivity contribution in [2.24, 2.45) is 0 Å². The molecule has 0 aliphatic rings. The molecule has 0 atom stereocenters. The van der Waals surface area contributed by atoms with Gasteiger partial charge in [-0.05, 0) is 24.3 Å². The predicted molar refractivity (Wildman–Crippen MR) is 94.8 cm³/mol. The molecule has 0 unspecified atom stereocenters. The number of ether oxygens (including phenoxy) is 1. The molecule has 3 N–H and O–H groups in total. The van der Waals surface area contributed by atoms with Crippen molar-refractivity contribution in [3.8, 4) is 5.75 Å². The van der Waals surface area contributed by atoms with Gasteiger partial charge in [0.1, 0.15) is 12.1 Å². The summed E-state index contributed by atoms with van der Waals surface area (Å²) in [7, 11) is 1.51. The molecular formula is C16H14N6O5. The molecule has 1 aromatic carbocycles. The molecule has 11 nitrogen and oxygen atoms in total. The van der Waals surface area contributed by atoms with Crippen LogP contribution in [-0.4, -0.2) is 27.9 Å². The molecule has 1 amide bonds. The molecule has 11 heteroatoms. The third-order valence-electron chi connectivity index (χ3n) is 3.38. The van der Waals surface area contributed by atoms with Gasteiger partial charge in [-0.15, -0.1) is 0 Å². The Morgan fingerprint density at radius 2 is 2.04 bits per heavy atom. The van der Waals surface area contributed by atoms with Crippen molar-refractivity contribution < 1.29 is 18.9 Å². The Morgan fingerprint density at radius 3 is 2.74 bits per heavy atom. The lowest BCUT2D eigenvalue weighted by molar-refractivity contribution is -0.383. The van der Waals surface area contributed by atoms with E-state index in [0.717, 1.165) is 6.33 Å². The van der Waals surface area contributed by atoms with Gasteiger partial charge in [0.25, 0.3) is 0 Å². The van der Waals surface area contributed by atoms with Gasteiger partial charge in [0.15, 0.2) is 5.76 Å². The lowest BCUT2D eigenvalue weighted by Crippen LogP contribution is -2.30. The van der Waals surface area contributed by atoms with E-state index in [2.05, 4.69) is 26.1 Å². The van der Waals surface area contributed by atoms with Gasteiger partial charge in [0.05, 0.1) is 18.3 Å². The van der Waals surface area contributed by atoms with Gasteiger partial charge in [0.2, 0.25) is 11.6 Å². The van der Waals surface area contributed by atoms with Crippen LogP contribution in [0.3, 0.4) is 0 Å². The standard InChI is InChI=1S/C16H14N6O5/c1-26-11-5-2-4-10(8-11)19-14-13(22(24)25)15(18-9-17-14)20-21-16(23)12-6-3-7-27-12/h2-9H,1H3,(H,21,23)(H2,17,18,19,20). The third-order valence-corrected chi connectivity index (χ3v) is 3.38. The number of anilines is 3. The van der Waals surface area contributed by atoms with Crippen LogP contribution in [0.4, 0.5) is 23.0 Å². The highest BCUT2D eigenvalue weighted by Gasteiger charge is 2.24. The summed E-state index contributed by atoms with van der Waals surface area (Å²) in [5.41, 5.74) is 4.78. The Bertz CT molecular complexity index is 960. The molecule has 2 aromatic heterocycles. The molecule has 27 heavy (non-hydrogen) atoms. The molecule has 0 aliphatic heterocycles. The SMILES string of the molecule is COc1cccc(Nc2ncnc(NNC(=O)c3ccco3)c2[N+](=O)[O-])c1. The Balaban J connectivity index is 1.83. The summed E-state index contributed by atoms with van der Waals surface area (Å²) in [6, 6.07) is 9.78. The number of nitrogens with one attached hydrogen (secondary N) is 3. The number of hydrazine groups is 1. The first-order valence-corrected chi connectivity index (χ1v) is 7.59. The van der Waals surface area contributed by atoms with Gasteiger partial charge in [-0.1, -0.05) is 6.07 Å². The Kier molecular flexibility index (Phi) is 5.12. The predicted octanol–water partition coefficient (Wildman–Crippen LogP) is 2.49. The fourth-order valence-corrected chi connectivity index (χ4v) is 2.16. The number of rotatable bonds is 7. The van der Waals surface area contributed by atoms with E-state index in [0.29, 0.717) is 11.4 Å². The molecule has 0 spiro atoms. The first kappa shape index (κ1) is 17.7. The number of aromatic nitrogens is 2. The summed E-state index contributed by atoms with van der Waals surface area (Å²) in [4.78, 5) is 30.5. The smallest absolute Gasteiger partial charge is 0.355 e. The average Bonchev–Trinajstić information content (AvgIpc) is 3.21. The number of nitro groups is 1. The molecule has 3 aromatic rings. The summed E-state index contributed by atoms with van der Waals surface area (Å²) in [6.45, 7) is 0. The number of amides is 1. The number of hydrogen-bond donors (Lipinski definition) is 3. The zero-order chi connectivity index (χ0) is 19.2. The second-order valence-corrected chi connectivity index (χ2v) is 5.09. The molecule has 0 saturated heterocycles. The monoisotopic (exact) mass is 370 g/mol. The van der Waals surface area contributed by atoms with Crippen molar-refractivity contribution in [3.05, 3.63) is 64.9 Å². The molecule has 2 heterocycles. The summed E-state index contributed by atoms with van der Waals surface area (Å²) >= 11 is 0. The van der Waals surface area contributed by atoms with Gasteiger partial charge in [-0.2, -0.15) is 0 Å². The molecule has 0 bridgehead atoms. The number of furan rings is 1. The summed E-state index contributed by atoms with van der Waals surface area (Å²) in [6.07, 6.45) is 2.45. The van der Waals surface area contributed by atoms with Crippen molar-refractivity contribution in [2.75, 3.05) is 17.9 Å². The number of carbonyl (C=O) groups excluding carboxylic acids is 1. The number of carbonyl (C=O) groups is 1. The van der Waals surface area contributed by atoms with Crippen LogP contribution in [0.1, 0.15) is 10.6 Å². The van der Waals surface area contributed by atoms with Crippen molar-refractivity contribution in [1.82, 2.24) is 15.4 Å². The van der Waals surface area contributed by atoms with E-state index in [4.69, 9.17) is 9.15 Å². The highest BCUT2D eigenvalue weighted by atomic mass is 16.6.